The summed E-state index contributed by atoms with van der Waals surface area (Å²) in [5.74, 6) is -1.15. The minimum Gasteiger partial charge on any atom is -0.439 e. The number of halogens is 2. The topological polar surface area (TPSA) is 97.4 Å². The van der Waals surface area contributed by atoms with Crippen LogP contribution >= 0.6 is 0 Å². The number of sulfonamides is 1. The predicted molar refractivity (Wildman–Crippen MR) is 126 cm³/mol. The molecule has 3 aromatic carbocycles. The Morgan fingerprint density at radius 1 is 0.914 bits per heavy atom. The summed E-state index contributed by atoms with van der Waals surface area (Å²) in [6.07, 6.45) is 1.51. The van der Waals surface area contributed by atoms with E-state index in [1.165, 1.54) is 66.9 Å². The molecular formula is C25H19F2N3O4S. The zero-order chi connectivity index (χ0) is 24.8. The number of hydrogen-bond acceptors (Lipinski definition) is 5. The molecule has 0 atom stereocenters. The lowest BCUT2D eigenvalue weighted by Gasteiger charge is -2.12. The number of amides is 1. The maximum absolute atomic E-state index is 13.8. The van der Waals surface area contributed by atoms with E-state index in [4.69, 9.17) is 4.74 Å². The molecule has 0 unspecified atom stereocenters. The van der Waals surface area contributed by atoms with Crippen LogP contribution in [0.15, 0.2) is 96.0 Å². The molecule has 4 aromatic rings. The number of aromatic nitrogens is 1. The maximum atomic E-state index is 13.8. The summed E-state index contributed by atoms with van der Waals surface area (Å²) in [5, 5.41) is 2.71. The lowest BCUT2D eigenvalue weighted by atomic mass is 10.2. The summed E-state index contributed by atoms with van der Waals surface area (Å²) < 4.78 is 60.1. The Morgan fingerprint density at radius 2 is 1.69 bits per heavy atom. The number of rotatable bonds is 8. The van der Waals surface area contributed by atoms with Gasteiger partial charge in [-0.25, -0.2) is 22.2 Å². The lowest BCUT2D eigenvalue weighted by molar-refractivity contribution is 0.0950. The summed E-state index contributed by atoms with van der Waals surface area (Å²) in [6, 6.07) is 19.6. The molecule has 35 heavy (non-hydrogen) atoms. The van der Waals surface area contributed by atoms with Crippen LogP contribution < -0.4 is 14.8 Å². The number of pyridine rings is 1. The minimum absolute atomic E-state index is 0.0617. The SMILES string of the molecule is O=C(NCc1cccnc1Oc1cccc(F)c1)c1ccc(S(=O)(=O)Nc2ccccc2F)cc1. The highest BCUT2D eigenvalue weighted by atomic mass is 32.2. The molecule has 1 aromatic heterocycles. The molecule has 178 valence electrons. The zero-order valence-corrected chi connectivity index (χ0v) is 18.9. The molecule has 0 aliphatic rings. The predicted octanol–water partition coefficient (Wildman–Crippen LogP) is 4.88. The average Bonchev–Trinajstić information content (AvgIpc) is 2.85. The van der Waals surface area contributed by atoms with Crippen molar-refractivity contribution in [2.75, 3.05) is 4.72 Å². The third kappa shape index (κ3) is 5.98. The molecule has 0 bridgehead atoms. The van der Waals surface area contributed by atoms with Crippen molar-refractivity contribution in [3.8, 4) is 11.6 Å². The molecule has 10 heteroatoms. The average molecular weight is 496 g/mol. The fourth-order valence-corrected chi connectivity index (χ4v) is 4.17. The van der Waals surface area contributed by atoms with E-state index in [1.54, 1.807) is 18.2 Å². The quantitative estimate of drug-likeness (QED) is 0.363. The van der Waals surface area contributed by atoms with E-state index < -0.39 is 27.6 Å². The number of ether oxygens (including phenoxy) is 1. The molecule has 0 fully saturated rings. The highest BCUT2D eigenvalue weighted by molar-refractivity contribution is 7.92. The van der Waals surface area contributed by atoms with Crippen LogP contribution in [-0.2, 0) is 16.6 Å². The summed E-state index contributed by atoms with van der Waals surface area (Å²) in [5.41, 5.74) is 0.590. The van der Waals surface area contributed by atoms with E-state index in [1.807, 2.05) is 0 Å². The van der Waals surface area contributed by atoms with Crippen LogP contribution in [0, 0.1) is 11.6 Å². The van der Waals surface area contributed by atoms with Gasteiger partial charge in [0, 0.05) is 29.9 Å². The van der Waals surface area contributed by atoms with Crippen LogP contribution in [0.4, 0.5) is 14.5 Å². The van der Waals surface area contributed by atoms with E-state index in [2.05, 4.69) is 15.0 Å². The van der Waals surface area contributed by atoms with Crippen molar-refractivity contribution in [3.63, 3.8) is 0 Å². The van der Waals surface area contributed by atoms with Crippen molar-refractivity contribution in [1.82, 2.24) is 10.3 Å². The van der Waals surface area contributed by atoms with Gasteiger partial charge in [0.05, 0.1) is 10.6 Å². The fraction of sp³-hybridized carbons (Fsp3) is 0.0400. The Hall–Kier alpha value is -4.31. The van der Waals surface area contributed by atoms with Gasteiger partial charge < -0.3 is 10.1 Å². The van der Waals surface area contributed by atoms with Crippen molar-refractivity contribution >= 4 is 21.6 Å². The van der Waals surface area contributed by atoms with Gasteiger partial charge in [-0.1, -0.05) is 24.3 Å². The van der Waals surface area contributed by atoms with Crippen LogP contribution in [0.3, 0.4) is 0 Å². The number of anilines is 1. The van der Waals surface area contributed by atoms with Gasteiger partial charge in [0.25, 0.3) is 15.9 Å². The molecule has 0 aliphatic heterocycles. The van der Waals surface area contributed by atoms with Crippen molar-refractivity contribution in [3.05, 3.63) is 114 Å². The van der Waals surface area contributed by atoms with Crippen LogP contribution in [0.5, 0.6) is 11.6 Å². The van der Waals surface area contributed by atoms with E-state index in [0.29, 0.717) is 5.56 Å². The first-order chi connectivity index (χ1) is 16.8. The standard InChI is InChI=1S/C25H19F2N3O4S/c26-19-6-3-7-20(15-19)34-25-18(5-4-14-28-25)16-29-24(31)17-10-12-21(13-11-17)35(32,33)30-23-9-2-1-8-22(23)27/h1-15,30H,16H2,(H,29,31). The molecule has 4 rings (SSSR count). The van der Waals surface area contributed by atoms with Crippen LogP contribution in [0.25, 0.3) is 0 Å². The minimum atomic E-state index is -4.05. The molecule has 0 radical (unpaired) electrons. The van der Waals surface area contributed by atoms with Crippen molar-refractivity contribution in [2.45, 2.75) is 11.4 Å². The van der Waals surface area contributed by atoms with Crippen LogP contribution in [0.1, 0.15) is 15.9 Å². The number of benzene rings is 3. The third-order valence-electron chi connectivity index (χ3n) is 4.84. The number of nitrogens with zero attached hydrogens (tertiary/aromatic N) is 1. The second-order valence-electron chi connectivity index (χ2n) is 7.32. The summed E-state index contributed by atoms with van der Waals surface area (Å²) in [6.45, 7) is 0.0617. The monoisotopic (exact) mass is 495 g/mol. The molecular weight excluding hydrogens is 476 g/mol. The van der Waals surface area contributed by atoms with E-state index in [9.17, 15) is 22.0 Å². The van der Waals surface area contributed by atoms with Gasteiger partial charge >= 0.3 is 0 Å². The lowest BCUT2D eigenvalue weighted by Crippen LogP contribution is -2.23. The number of nitrogens with one attached hydrogen (secondary N) is 2. The molecule has 0 saturated carbocycles. The Labute approximate surface area is 200 Å². The second kappa shape index (κ2) is 10.3. The highest BCUT2D eigenvalue weighted by Crippen LogP contribution is 2.24. The van der Waals surface area contributed by atoms with Gasteiger partial charge in [-0.15, -0.1) is 0 Å². The normalized spacial score (nSPS) is 11.0. The first-order valence-electron chi connectivity index (χ1n) is 10.3. The first-order valence-corrected chi connectivity index (χ1v) is 11.8. The van der Waals surface area contributed by atoms with Crippen LogP contribution in [-0.4, -0.2) is 19.3 Å². The van der Waals surface area contributed by atoms with Crippen molar-refractivity contribution < 1.29 is 26.7 Å². The van der Waals surface area contributed by atoms with Crippen molar-refractivity contribution in [1.29, 1.82) is 0 Å². The Balaban J connectivity index is 1.42. The van der Waals surface area contributed by atoms with Gasteiger partial charge in [-0.05, 0) is 54.6 Å². The fourth-order valence-electron chi connectivity index (χ4n) is 3.10. The Kier molecular flexibility index (Phi) is 7.02. The largest absolute Gasteiger partial charge is 0.439 e. The van der Waals surface area contributed by atoms with Gasteiger partial charge in [0.2, 0.25) is 5.88 Å². The third-order valence-corrected chi connectivity index (χ3v) is 6.23. The summed E-state index contributed by atoms with van der Waals surface area (Å²) in [4.78, 5) is 16.6. The highest BCUT2D eigenvalue weighted by Gasteiger charge is 2.17. The molecule has 1 amide bonds. The maximum Gasteiger partial charge on any atom is 0.261 e. The second-order valence-corrected chi connectivity index (χ2v) is 9.00. The van der Waals surface area contributed by atoms with Crippen molar-refractivity contribution in [2.24, 2.45) is 0 Å². The Bertz CT molecular complexity index is 1460. The smallest absolute Gasteiger partial charge is 0.261 e. The van der Waals surface area contributed by atoms with E-state index in [-0.39, 0.29) is 34.3 Å². The van der Waals surface area contributed by atoms with Gasteiger partial charge in [0.1, 0.15) is 17.4 Å². The molecule has 1 heterocycles. The molecule has 0 saturated heterocycles. The summed E-state index contributed by atoms with van der Waals surface area (Å²) in [7, 11) is -4.05. The van der Waals surface area contributed by atoms with Gasteiger partial charge in [-0.2, -0.15) is 0 Å². The van der Waals surface area contributed by atoms with Gasteiger partial charge in [-0.3, -0.25) is 9.52 Å². The van der Waals surface area contributed by atoms with Gasteiger partial charge in [0.15, 0.2) is 0 Å². The number of para-hydroxylation sites is 1. The van der Waals surface area contributed by atoms with E-state index >= 15 is 0 Å². The zero-order valence-electron chi connectivity index (χ0n) is 18.1. The first kappa shape index (κ1) is 23.8. The number of carbonyl (C=O) groups excluding carboxylic acids is 1. The molecule has 0 spiro atoms. The van der Waals surface area contributed by atoms with E-state index in [0.717, 1.165) is 6.07 Å². The number of carbonyl (C=O) groups is 1. The Morgan fingerprint density at radius 3 is 2.43 bits per heavy atom. The number of hydrogen-bond donors (Lipinski definition) is 2. The summed E-state index contributed by atoms with van der Waals surface area (Å²) >= 11 is 0. The molecule has 2 N–H and O–H groups in total. The van der Waals surface area contributed by atoms with Crippen LogP contribution in [0.2, 0.25) is 0 Å². The molecule has 7 nitrogen and oxygen atoms in total. The molecule has 0 aliphatic carbocycles.